The first-order chi connectivity index (χ1) is 12.2. The van der Waals surface area contributed by atoms with Crippen LogP contribution in [-0.2, 0) is 17.6 Å². The molecule has 1 aliphatic rings. The van der Waals surface area contributed by atoms with E-state index in [0.29, 0.717) is 25.2 Å². The maximum atomic E-state index is 12.0. The zero-order valence-corrected chi connectivity index (χ0v) is 14.4. The van der Waals surface area contributed by atoms with Gasteiger partial charge in [0.05, 0.1) is 6.42 Å². The van der Waals surface area contributed by atoms with Crippen LogP contribution in [0.5, 0.6) is 0 Å². The highest BCUT2D eigenvalue weighted by Crippen LogP contribution is 2.30. The van der Waals surface area contributed by atoms with Gasteiger partial charge in [-0.25, -0.2) is 4.79 Å². The second-order valence-electron chi connectivity index (χ2n) is 6.13. The molecule has 25 heavy (non-hydrogen) atoms. The number of fused-ring (bicyclic) bond motifs is 1. The summed E-state index contributed by atoms with van der Waals surface area (Å²) in [6.45, 7) is 3.25. The van der Waals surface area contributed by atoms with Gasteiger partial charge in [0.25, 0.3) is 0 Å². The number of nitrogens with zero attached hydrogens (tertiary/aromatic N) is 1. The van der Waals surface area contributed by atoms with E-state index >= 15 is 0 Å². The number of amides is 3. The van der Waals surface area contributed by atoms with E-state index in [1.807, 2.05) is 43.3 Å². The molecule has 0 radical (unpaired) electrons. The van der Waals surface area contributed by atoms with Crippen LogP contribution >= 0.6 is 0 Å². The van der Waals surface area contributed by atoms with Crippen molar-refractivity contribution in [2.75, 3.05) is 23.3 Å². The van der Waals surface area contributed by atoms with Crippen molar-refractivity contribution in [1.29, 1.82) is 0 Å². The smallest absolute Gasteiger partial charge is 0.319 e. The van der Waals surface area contributed by atoms with Gasteiger partial charge in [0.2, 0.25) is 5.91 Å². The molecule has 0 atom stereocenters. The number of hydrogen-bond donors (Lipinski definition) is 2. The third kappa shape index (κ3) is 4.18. The minimum atomic E-state index is -0.218. The van der Waals surface area contributed by atoms with E-state index in [-0.39, 0.29) is 11.9 Å². The lowest BCUT2D eigenvalue weighted by Gasteiger charge is -2.15. The Morgan fingerprint density at radius 3 is 2.72 bits per heavy atom. The molecule has 3 rings (SSSR count). The molecule has 130 valence electrons. The fourth-order valence-electron chi connectivity index (χ4n) is 3.12. The highest BCUT2D eigenvalue weighted by Gasteiger charge is 2.25. The van der Waals surface area contributed by atoms with Crippen molar-refractivity contribution < 1.29 is 9.59 Å². The summed E-state index contributed by atoms with van der Waals surface area (Å²) >= 11 is 0. The third-order valence-electron chi connectivity index (χ3n) is 4.36. The van der Waals surface area contributed by atoms with Gasteiger partial charge in [-0.2, -0.15) is 0 Å². The standard InChI is InChI=1S/C20H23N3O2/c1-2-23-18-11-10-17(13-16(18)14-19(23)24)22-20(25)21-12-6-9-15-7-4-3-5-8-15/h3-5,7-8,10-11,13H,2,6,9,12,14H2,1H3,(H2,21,22,25). The van der Waals surface area contributed by atoms with Crippen LogP contribution in [0.15, 0.2) is 48.5 Å². The predicted octanol–water partition coefficient (Wildman–Crippen LogP) is 3.35. The van der Waals surface area contributed by atoms with Crippen molar-refractivity contribution in [3.63, 3.8) is 0 Å². The minimum Gasteiger partial charge on any atom is -0.338 e. The molecule has 0 bridgehead atoms. The first-order valence-electron chi connectivity index (χ1n) is 8.69. The molecule has 0 unspecified atom stereocenters. The number of carbonyl (C=O) groups is 2. The SMILES string of the molecule is CCN1C(=O)Cc2cc(NC(=O)NCCCc3ccccc3)ccc21. The Labute approximate surface area is 148 Å². The topological polar surface area (TPSA) is 61.4 Å². The van der Waals surface area contributed by atoms with Gasteiger partial charge in [0, 0.05) is 24.5 Å². The summed E-state index contributed by atoms with van der Waals surface area (Å²) in [4.78, 5) is 25.7. The summed E-state index contributed by atoms with van der Waals surface area (Å²) in [5.41, 5.74) is 3.90. The molecular weight excluding hydrogens is 314 g/mol. The van der Waals surface area contributed by atoms with Crippen LogP contribution in [0.25, 0.3) is 0 Å². The number of likely N-dealkylation sites (N-methyl/N-ethyl adjacent to an activating group) is 1. The molecule has 2 aromatic rings. The van der Waals surface area contributed by atoms with Crippen LogP contribution in [0.3, 0.4) is 0 Å². The maximum Gasteiger partial charge on any atom is 0.319 e. The van der Waals surface area contributed by atoms with Gasteiger partial charge in [-0.15, -0.1) is 0 Å². The van der Waals surface area contributed by atoms with Gasteiger partial charge in [0.15, 0.2) is 0 Å². The molecule has 0 saturated carbocycles. The Balaban J connectivity index is 1.47. The number of nitrogens with one attached hydrogen (secondary N) is 2. The molecule has 1 heterocycles. The molecular formula is C20H23N3O2. The van der Waals surface area contributed by atoms with Crippen molar-refractivity contribution in [3.8, 4) is 0 Å². The summed E-state index contributed by atoms with van der Waals surface area (Å²) in [5, 5.41) is 5.71. The Hall–Kier alpha value is -2.82. The van der Waals surface area contributed by atoms with Gasteiger partial charge in [-0.1, -0.05) is 30.3 Å². The molecule has 3 amide bonds. The average molecular weight is 337 g/mol. The Kier molecular flexibility index (Phi) is 5.33. The van der Waals surface area contributed by atoms with Crippen LogP contribution in [0.1, 0.15) is 24.5 Å². The largest absolute Gasteiger partial charge is 0.338 e. The van der Waals surface area contributed by atoms with E-state index in [2.05, 4.69) is 22.8 Å². The van der Waals surface area contributed by atoms with Crippen LogP contribution in [0.4, 0.5) is 16.2 Å². The third-order valence-corrected chi connectivity index (χ3v) is 4.36. The van der Waals surface area contributed by atoms with Crippen LogP contribution < -0.4 is 15.5 Å². The maximum absolute atomic E-state index is 12.0. The quantitative estimate of drug-likeness (QED) is 0.794. The normalized spacial score (nSPS) is 12.8. The van der Waals surface area contributed by atoms with Crippen molar-refractivity contribution in [2.24, 2.45) is 0 Å². The molecule has 5 heteroatoms. The van der Waals surface area contributed by atoms with E-state index < -0.39 is 0 Å². The average Bonchev–Trinajstić information content (AvgIpc) is 2.94. The number of benzene rings is 2. The predicted molar refractivity (Wildman–Crippen MR) is 100.0 cm³/mol. The highest BCUT2D eigenvalue weighted by molar-refractivity contribution is 6.02. The Morgan fingerprint density at radius 1 is 1.16 bits per heavy atom. The Morgan fingerprint density at radius 2 is 1.96 bits per heavy atom. The van der Waals surface area contributed by atoms with E-state index in [4.69, 9.17) is 0 Å². The Bertz CT molecular complexity index is 759. The molecule has 0 saturated heterocycles. The zero-order valence-electron chi connectivity index (χ0n) is 14.4. The molecule has 2 N–H and O–H groups in total. The number of urea groups is 1. The molecule has 0 spiro atoms. The summed E-state index contributed by atoms with van der Waals surface area (Å²) in [5.74, 6) is 0.111. The van der Waals surface area contributed by atoms with Gasteiger partial charge in [-0.3, -0.25) is 4.79 Å². The monoisotopic (exact) mass is 337 g/mol. The number of anilines is 2. The van der Waals surface area contributed by atoms with E-state index in [1.54, 1.807) is 4.90 Å². The van der Waals surface area contributed by atoms with Crippen molar-refractivity contribution in [1.82, 2.24) is 5.32 Å². The second-order valence-corrected chi connectivity index (χ2v) is 6.13. The molecule has 0 aromatic heterocycles. The van der Waals surface area contributed by atoms with E-state index in [9.17, 15) is 9.59 Å². The zero-order chi connectivity index (χ0) is 17.6. The number of rotatable bonds is 6. The molecule has 2 aromatic carbocycles. The summed E-state index contributed by atoms with van der Waals surface area (Å²) in [7, 11) is 0. The van der Waals surface area contributed by atoms with E-state index in [0.717, 1.165) is 24.1 Å². The van der Waals surface area contributed by atoms with Gasteiger partial charge >= 0.3 is 6.03 Å². The molecule has 0 fully saturated rings. The van der Waals surface area contributed by atoms with Crippen molar-refractivity contribution in [2.45, 2.75) is 26.2 Å². The first-order valence-corrected chi connectivity index (χ1v) is 8.69. The van der Waals surface area contributed by atoms with Crippen LogP contribution in [-0.4, -0.2) is 25.0 Å². The summed E-state index contributed by atoms with van der Waals surface area (Å²) < 4.78 is 0. The lowest BCUT2D eigenvalue weighted by atomic mass is 10.1. The van der Waals surface area contributed by atoms with E-state index in [1.165, 1.54) is 5.56 Å². The fourth-order valence-corrected chi connectivity index (χ4v) is 3.12. The van der Waals surface area contributed by atoms with Gasteiger partial charge < -0.3 is 15.5 Å². The molecule has 0 aliphatic carbocycles. The van der Waals surface area contributed by atoms with Crippen molar-refractivity contribution >= 4 is 23.3 Å². The summed E-state index contributed by atoms with van der Waals surface area (Å²) in [6.07, 6.45) is 2.23. The minimum absolute atomic E-state index is 0.111. The number of carbonyl (C=O) groups excluding carboxylic acids is 2. The molecule has 5 nitrogen and oxygen atoms in total. The second kappa shape index (κ2) is 7.83. The molecule has 1 aliphatic heterocycles. The lowest BCUT2D eigenvalue weighted by molar-refractivity contribution is -0.117. The van der Waals surface area contributed by atoms with Crippen molar-refractivity contribution in [3.05, 3.63) is 59.7 Å². The highest BCUT2D eigenvalue weighted by atomic mass is 16.2. The number of hydrogen-bond acceptors (Lipinski definition) is 2. The lowest BCUT2D eigenvalue weighted by Crippen LogP contribution is -2.29. The van der Waals surface area contributed by atoms with Gasteiger partial charge in [0.1, 0.15) is 0 Å². The van der Waals surface area contributed by atoms with Gasteiger partial charge in [-0.05, 0) is 49.1 Å². The first kappa shape index (κ1) is 17.0. The number of aryl methyl sites for hydroxylation is 1. The summed E-state index contributed by atoms with van der Waals surface area (Å²) in [6, 6.07) is 15.6. The van der Waals surface area contributed by atoms with Crippen LogP contribution in [0, 0.1) is 0 Å². The fraction of sp³-hybridized carbons (Fsp3) is 0.300. The van der Waals surface area contributed by atoms with Crippen LogP contribution in [0.2, 0.25) is 0 Å².